The smallest absolute Gasteiger partial charge is 0.122 e. The third kappa shape index (κ3) is 1.66. The van der Waals surface area contributed by atoms with Crippen LogP contribution >= 0.6 is 0 Å². The maximum atomic E-state index is 5.53. The van der Waals surface area contributed by atoms with Crippen molar-refractivity contribution in [2.24, 2.45) is 15.9 Å². The first-order valence-electron chi connectivity index (χ1n) is 4.71. The van der Waals surface area contributed by atoms with Crippen molar-refractivity contribution in [1.82, 2.24) is 9.78 Å². The Morgan fingerprint density at radius 2 is 2.29 bits per heavy atom. The molecule has 2 N–H and O–H groups in total. The first-order chi connectivity index (χ1) is 6.79. The van der Waals surface area contributed by atoms with Crippen LogP contribution in [0.5, 0.6) is 0 Å². The Labute approximate surface area is 82.3 Å². The zero-order valence-corrected chi connectivity index (χ0v) is 8.14. The molecule has 1 aromatic heterocycles. The molecule has 0 aromatic carbocycles. The third-order valence-electron chi connectivity index (χ3n) is 2.21. The molecule has 74 valence electrons. The van der Waals surface area contributed by atoms with Gasteiger partial charge in [0.2, 0.25) is 0 Å². The summed E-state index contributed by atoms with van der Waals surface area (Å²) in [5.74, 6) is 0.608. The van der Waals surface area contributed by atoms with Crippen LogP contribution in [0.25, 0.3) is 0 Å². The SMILES string of the molecule is CCn1cc(C2=NN=C(N)CC2)cn1. The van der Waals surface area contributed by atoms with Crippen LogP contribution in [-0.2, 0) is 6.54 Å². The number of nitrogens with two attached hydrogens (primary N) is 1. The van der Waals surface area contributed by atoms with Crippen molar-refractivity contribution >= 4 is 11.5 Å². The standard InChI is InChI=1S/C9H13N5/c1-2-14-6-7(5-11-14)8-3-4-9(10)13-12-8/h5-6H,2-4H2,1H3,(H2,10,13). The molecule has 0 saturated carbocycles. The molecule has 1 aliphatic rings. The van der Waals surface area contributed by atoms with E-state index in [1.165, 1.54) is 0 Å². The van der Waals surface area contributed by atoms with Crippen LogP contribution in [0.1, 0.15) is 25.3 Å². The van der Waals surface area contributed by atoms with Crippen molar-refractivity contribution in [3.05, 3.63) is 18.0 Å². The van der Waals surface area contributed by atoms with E-state index in [-0.39, 0.29) is 0 Å². The van der Waals surface area contributed by atoms with E-state index in [0.29, 0.717) is 5.84 Å². The Morgan fingerprint density at radius 1 is 1.43 bits per heavy atom. The first kappa shape index (κ1) is 8.93. The van der Waals surface area contributed by atoms with E-state index < -0.39 is 0 Å². The van der Waals surface area contributed by atoms with E-state index >= 15 is 0 Å². The van der Waals surface area contributed by atoms with Gasteiger partial charge in [-0.1, -0.05) is 0 Å². The van der Waals surface area contributed by atoms with Gasteiger partial charge in [0.05, 0.1) is 11.9 Å². The highest BCUT2D eigenvalue weighted by molar-refractivity contribution is 6.03. The largest absolute Gasteiger partial charge is 0.386 e. The second-order valence-electron chi connectivity index (χ2n) is 3.22. The summed E-state index contributed by atoms with van der Waals surface area (Å²) in [5.41, 5.74) is 7.54. The Balaban J connectivity index is 2.23. The summed E-state index contributed by atoms with van der Waals surface area (Å²) in [6, 6.07) is 0. The summed E-state index contributed by atoms with van der Waals surface area (Å²) in [6.45, 7) is 2.92. The normalized spacial score (nSPS) is 16.4. The molecular formula is C9H13N5. The van der Waals surface area contributed by atoms with Crippen molar-refractivity contribution < 1.29 is 0 Å². The molecule has 0 amide bonds. The van der Waals surface area contributed by atoms with Crippen LogP contribution in [0.4, 0.5) is 0 Å². The van der Waals surface area contributed by atoms with E-state index in [0.717, 1.165) is 30.7 Å². The van der Waals surface area contributed by atoms with Gasteiger partial charge in [-0.15, -0.1) is 5.10 Å². The maximum absolute atomic E-state index is 5.53. The van der Waals surface area contributed by atoms with Crippen LogP contribution in [0.2, 0.25) is 0 Å². The third-order valence-corrected chi connectivity index (χ3v) is 2.21. The lowest BCUT2D eigenvalue weighted by molar-refractivity contribution is 0.660. The van der Waals surface area contributed by atoms with Gasteiger partial charge in [0, 0.05) is 24.7 Å². The predicted molar refractivity (Wildman–Crippen MR) is 55.3 cm³/mol. The lowest BCUT2D eigenvalue weighted by Gasteiger charge is -2.06. The van der Waals surface area contributed by atoms with Gasteiger partial charge in [-0.3, -0.25) is 4.68 Å². The van der Waals surface area contributed by atoms with E-state index in [2.05, 4.69) is 22.2 Å². The summed E-state index contributed by atoms with van der Waals surface area (Å²) in [4.78, 5) is 0. The van der Waals surface area contributed by atoms with Crippen molar-refractivity contribution in [2.75, 3.05) is 0 Å². The van der Waals surface area contributed by atoms with Gasteiger partial charge in [0.25, 0.3) is 0 Å². The van der Waals surface area contributed by atoms with Crippen LogP contribution in [0.15, 0.2) is 22.6 Å². The van der Waals surface area contributed by atoms with Gasteiger partial charge in [-0.25, -0.2) is 0 Å². The van der Waals surface area contributed by atoms with E-state index in [1.54, 1.807) is 0 Å². The summed E-state index contributed by atoms with van der Waals surface area (Å²) < 4.78 is 1.87. The number of aromatic nitrogens is 2. The van der Waals surface area contributed by atoms with Gasteiger partial charge >= 0.3 is 0 Å². The van der Waals surface area contributed by atoms with Crippen LogP contribution in [0, 0.1) is 0 Å². The molecule has 0 aliphatic carbocycles. The molecule has 0 unspecified atom stereocenters. The molecule has 0 saturated heterocycles. The predicted octanol–water partition coefficient (Wildman–Crippen LogP) is 0.758. The first-order valence-corrected chi connectivity index (χ1v) is 4.71. The summed E-state index contributed by atoms with van der Waals surface area (Å²) in [6.07, 6.45) is 5.44. The lowest BCUT2D eigenvalue weighted by Crippen LogP contribution is -2.17. The molecule has 1 aliphatic heterocycles. The van der Waals surface area contributed by atoms with E-state index in [1.807, 2.05) is 17.1 Å². The zero-order chi connectivity index (χ0) is 9.97. The molecule has 2 heterocycles. The molecular weight excluding hydrogens is 178 g/mol. The number of nitrogens with zero attached hydrogens (tertiary/aromatic N) is 4. The second-order valence-corrected chi connectivity index (χ2v) is 3.22. The molecule has 0 spiro atoms. The molecule has 0 radical (unpaired) electrons. The monoisotopic (exact) mass is 191 g/mol. The van der Waals surface area contributed by atoms with Crippen LogP contribution < -0.4 is 5.73 Å². The average Bonchev–Trinajstić information content (AvgIpc) is 2.67. The molecule has 5 nitrogen and oxygen atoms in total. The van der Waals surface area contributed by atoms with Crippen molar-refractivity contribution in [1.29, 1.82) is 0 Å². The molecule has 14 heavy (non-hydrogen) atoms. The number of hydrogen-bond acceptors (Lipinski definition) is 4. The summed E-state index contributed by atoms with van der Waals surface area (Å²) in [7, 11) is 0. The fraction of sp³-hybridized carbons (Fsp3) is 0.444. The maximum Gasteiger partial charge on any atom is 0.122 e. The van der Waals surface area contributed by atoms with Crippen molar-refractivity contribution in [3.63, 3.8) is 0 Å². The highest BCUT2D eigenvalue weighted by Gasteiger charge is 2.10. The highest BCUT2D eigenvalue weighted by Crippen LogP contribution is 2.10. The quantitative estimate of drug-likeness (QED) is 0.749. The Bertz CT molecular complexity index is 388. The number of hydrogen-bond donors (Lipinski definition) is 1. The molecule has 0 atom stereocenters. The fourth-order valence-electron chi connectivity index (χ4n) is 1.36. The minimum Gasteiger partial charge on any atom is -0.386 e. The second kappa shape index (κ2) is 3.61. The summed E-state index contributed by atoms with van der Waals surface area (Å²) in [5, 5.41) is 12.1. The van der Waals surface area contributed by atoms with Gasteiger partial charge in [0.15, 0.2) is 0 Å². The number of aryl methyl sites for hydroxylation is 1. The highest BCUT2D eigenvalue weighted by atomic mass is 15.3. The minimum absolute atomic E-state index is 0.608. The Morgan fingerprint density at radius 3 is 2.86 bits per heavy atom. The van der Waals surface area contributed by atoms with E-state index in [4.69, 9.17) is 5.73 Å². The summed E-state index contributed by atoms with van der Waals surface area (Å²) >= 11 is 0. The van der Waals surface area contributed by atoms with Crippen LogP contribution in [-0.4, -0.2) is 21.3 Å². The molecule has 0 bridgehead atoms. The minimum atomic E-state index is 0.608. The van der Waals surface area contributed by atoms with E-state index in [9.17, 15) is 0 Å². The van der Waals surface area contributed by atoms with Gasteiger partial charge in [-0.05, 0) is 13.3 Å². The number of amidine groups is 1. The average molecular weight is 191 g/mol. The lowest BCUT2D eigenvalue weighted by atomic mass is 10.1. The van der Waals surface area contributed by atoms with Crippen molar-refractivity contribution in [2.45, 2.75) is 26.3 Å². The van der Waals surface area contributed by atoms with Gasteiger partial charge in [0.1, 0.15) is 5.84 Å². The Hall–Kier alpha value is -1.65. The molecule has 2 rings (SSSR count). The number of rotatable bonds is 2. The molecule has 5 heteroatoms. The molecule has 0 fully saturated rings. The molecule has 1 aromatic rings. The van der Waals surface area contributed by atoms with Gasteiger partial charge in [-0.2, -0.15) is 10.2 Å². The zero-order valence-electron chi connectivity index (χ0n) is 8.14. The van der Waals surface area contributed by atoms with Gasteiger partial charge < -0.3 is 5.73 Å². The van der Waals surface area contributed by atoms with Crippen LogP contribution in [0.3, 0.4) is 0 Å². The van der Waals surface area contributed by atoms with Crippen molar-refractivity contribution in [3.8, 4) is 0 Å². The Kier molecular flexibility index (Phi) is 2.30. The fourth-order valence-corrected chi connectivity index (χ4v) is 1.36. The topological polar surface area (TPSA) is 68.6 Å².